The normalized spacial score (nSPS) is 10.4. The van der Waals surface area contributed by atoms with Crippen LogP contribution in [0.5, 0.6) is 5.75 Å². The summed E-state index contributed by atoms with van der Waals surface area (Å²) in [5.41, 5.74) is 2.86. The van der Waals surface area contributed by atoms with Crippen LogP contribution in [0.4, 0.5) is 14.5 Å². The second kappa shape index (κ2) is 6.56. The van der Waals surface area contributed by atoms with Gasteiger partial charge in [0, 0.05) is 6.07 Å². The van der Waals surface area contributed by atoms with Crippen molar-refractivity contribution in [3.8, 4) is 5.75 Å². The van der Waals surface area contributed by atoms with Crippen molar-refractivity contribution in [2.75, 3.05) is 11.9 Å². The monoisotopic (exact) mass is 305 g/mol. The molecule has 116 valence electrons. The maximum absolute atomic E-state index is 13.5. The first kappa shape index (κ1) is 15.9. The van der Waals surface area contributed by atoms with Crippen molar-refractivity contribution in [3.05, 3.63) is 58.7 Å². The average molecular weight is 305 g/mol. The Morgan fingerprint density at radius 3 is 2.45 bits per heavy atom. The van der Waals surface area contributed by atoms with E-state index in [4.69, 9.17) is 4.74 Å². The first-order chi connectivity index (χ1) is 10.4. The summed E-state index contributed by atoms with van der Waals surface area (Å²) < 4.78 is 31.8. The molecule has 1 N–H and O–H groups in total. The molecular weight excluding hydrogens is 288 g/mol. The predicted molar refractivity (Wildman–Crippen MR) is 81.1 cm³/mol. The van der Waals surface area contributed by atoms with Gasteiger partial charge in [-0.05, 0) is 49.6 Å². The molecule has 0 fully saturated rings. The number of amides is 1. The van der Waals surface area contributed by atoms with Crippen molar-refractivity contribution in [2.24, 2.45) is 0 Å². The minimum Gasteiger partial charge on any atom is -0.483 e. The number of halogens is 2. The Kier molecular flexibility index (Phi) is 4.75. The fraction of sp³-hybridized carbons (Fsp3) is 0.235. The highest BCUT2D eigenvalue weighted by Gasteiger charge is 2.11. The number of aryl methyl sites for hydroxylation is 2. The summed E-state index contributed by atoms with van der Waals surface area (Å²) in [6.45, 7) is 5.51. The average Bonchev–Trinajstić information content (AvgIpc) is 2.46. The van der Waals surface area contributed by atoms with E-state index in [2.05, 4.69) is 5.32 Å². The molecule has 0 aromatic heterocycles. The standard InChI is InChI=1S/C17H17F2NO2/c1-10-4-5-11(2)17(12(10)3)22-9-16(21)20-15-7-6-13(18)8-14(15)19/h4-8H,9H2,1-3H3,(H,20,21). The van der Waals surface area contributed by atoms with Gasteiger partial charge in [0.15, 0.2) is 6.61 Å². The summed E-state index contributed by atoms with van der Waals surface area (Å²) in [4.78, 5) is 11.8. The number of hydrogen-bond donors (Lipinski definition) is 1. The van der Waals surface area contributed by atoms with E-state index in [1.807, 2.05) is 32.9 Å². The third-order valence-electron chi connectivity index (χ3n) is 3.43. The van der Waals surface area contributed by atoms with Gasteiger partial charge in [0.25, 0.3) is 5.91 Å². The molecule has 0 heterocycles. The number of benzene rings is 2. The van der Waals surface area contributed by atoms with Crippen LogP contribution in [0.1, 0.15) is 16.7 Å². The largest absolute Gasteiger partial charge is 0.483 e. The lowest BCUT2D eigenvalue weighted by Gasteiger charge is -2.14. The van der Waals surface area contributed by atoms with Crippen LogP contribution in [0, 0.1) is 32.4 Å². The maximum atomic E-state index is 13.5. The predicted octanol–water partition coefficient (Wildman–Crippen LogP) is 3.91. The van der Waals surface area contributed by atoms with Gasteiger partial charge < -0.3 is 10.1 Å². The molecule has 2 aromatic carbocycles. The van der Waals surface area contributed by atoms with Crippen molar-refractivity contribution in [1.82, 2.24) is 0 Å². The van der Waals surface area contributed by atoms with E-state index in [9.17, 15) is 13.6 Å². The molecule has 0 bridgehead atoms. The number of anilines is 1. The Bertz CT molecular complexity index is 714. The highest BCUT2D eigenvalue weighted by molar-refractivity contribution is 5.92. The minimum absolute atomic E-state index is 0.0762. The highest BCUT2D eigenvalue weighted by Crippen LogP contribution is 2.25. The Morgan fingerprint density at radius 1 is 1.09 bits per heavy atom. The number of nitrogens with one attached hydrogen (secondary N) is 1. The molecule has 0 unspecified atom stereocenters. The zero-order chi connectivity index (χ0) is 16.3. The van der Waals surface area contributed by atoms with Gasteiger partial charge in [-0.25, -0.2) is 8.78 Å². The van der Waals surface area contributed by atoms with Crippen LogP contribution in [0.2, 0.25) is 0 Å². The van der Waals surface area contributed by atoms with Crippen LogP contribution in [-0.4, -0.2) is 12.5 Å². The fourth-order valence-electron chi connectivity index (χ4n) is 2.06. The van der Waals surface area contributed by atoms with Gasteiger partial charge in [0.1, 0.15) is 17.4 Å². The van der Waals surface area contributed by atoms with Gasteiger partial charge in [-0.3, -0.25) is 4.79 Å². The number of rotatable bonds is 4. The van der Waals surface area contributed by atoms with E-state index in [1.54, 1.807) is 0 Å². The van der Waals surface area contributed by atoms with Crippen LogP contribution < -0.4 is 10.1 Å². The van der Waals surface area contributed by atoms with Crippen LogP contribution in [-0.2, 0) is 4.79 Å². The van der Waals surface area contributed by atoms with Gasteiger partial charge in [0.05, 0.1) is 5.69 Å². The molecule has 0 aliphatic rings. The second-order valence-electron chi connectivity index (χ2n) is 5.11. The summed E-state index contributed by atoms with van der Waals surface area (Å²) in [6, 6.07) is 6.85. The molecule has 0 saturated carbocycles. The number of carbonyl (C=O) groups is 1. The van der Waals surface area contributed by atoms with Gasteiger partial charge in [-0.15, -0.1) is 0 Å². The van der Waals surface area contributed by atoms with Crippen molar-refractivity contribution in [1.29, 1.82) is 0 Å². The summed E-state index contributed by atoms with van der Waals surface area (Å²) in [6.07, 6.45) is 0. The van der Waals surface area contributed by atoms with Crippen molar-refractivity contribution >= 4 is 11.6 Å². The zero-order valence-electron chi connectivity index (χ0n) is 12.7. The third kappa shape index (κ3) is 3.61. The molecule has 3 nitrogen and oxygen atoms in total. The summed E-state index contributed by atoms with van der Waals surface area (Å²) in [5.74, 6) is -1.38. The first-order valence-electron chi connectivity index (χ1n) is 6.83. The Labute approximate surface area is 127 Å². The molecule has 0 radical (unpaired) electrons. The third-order valence-corrected chi connectivity index (χ3v) is 3.43. The molecule has 0 spiro atoms. The molecule has 0 saturated heterocycles. The van der Waals surface area contributed by atoms with E-state index < -0.39 is 17.5 Å². The molecule has 0 aliphatic heterocycles. The fourth-order valence-corrected chi connectivity index (χ4v) is 2.06. The van der Waals surface area contributed by atoms with E-state index in [1.165, 1.54) is 6.07 Å². The SMILES string of the molecule is Cc1ccc(C)c(OCC(=O)Nc2ccc(F)cc2F)c1C. The summed E-state index contributed by atoms with van der Waals surface area (Å²) in [5, 5.41) is 2.36. The Balaban J connectivity index is 2.03. The van der Waals surface area contributed by atoms with Crippen molar-refractivity contribution < 1.29 is 18.3 Å². The molecule has 22 heavy (non-hydrogen) atoms. The van der Waals surface area contributed by atoms with Gasteiger partial charge in [-0.2, -0.15) is 0 Å². The number of hydrogen-bond acceptors (Lipinski definition) is 2. The topological polar surface area (TPSA) is 38.3 Å². The van der Waals surface area contributed by atoms with E-state index in [0.29, 0.717) is 11.8 Å². The summed E-state index contributed by atoms with van der Waals surface area (Å²) >= 11 is 0. The number of ether oxygens (including phenoxy) is 1. The molecule has 2 rings (SSSR count). The van der Waals surface area contributed by atoms with Gasteiger partial charge in [0.2, 0.25) is 0 Å². The van der Waals surface area contributed by atoms with E-state index in [-0.39, 0.29) is 12.3 Å². The van der Waals surface area contributed by atoms with Gasteiger partial charge >= 0.3 is 0 Å². The lowest BCUT2D eigenvalue weighted by molar-refractivity contribution is -0.118. The lowest BCUT2D eigenvalue weighted by Crippen LogP contribution is -2.21. The Morgan fingerprint density at radius 2 is 1.77 bits per heavy atom. The Hall–Kier alpha value is -2.43. The summed E-state index contributed by atoms with van der Waals surface area (Å²) in [7, 11) is 0. The van der Waals surface area contributed by atoms with Crippen LogP contribution >= 0.6 is 0 Å². The molecule has 2 aromatic rings. The molecule has 0 atom stereocenters. The first-order valence-corrected chi connectivity index (χ1v) is 6.83. The zero-order valence-corrected chi connectivity index (χ0v) is 12.7. The van der Waals surface area contributed by atoms with Crippen LogP contribution in [0.25, 0.3) is 0 Å². The molecule has 1 amide bonds. The quantitative estimate of drug-likeness (QED) is 0.930. The lowest BCUT2D eigenvalue weighted by atomic mass is 10.1. The molecule has 0 aliphatic carbocycles. The maximum Gasteiger partial charge on any atom is 0.262 e. The van der Waals surface area contributed by atoms with E-state index >= 15 is 0 Å². The highest BCUT2D eigenvalue weighted by atomic mass is 19.1. The molecule has 5 heteroatoms. The van der Waals surface area contributed by atoms with Crippen LogP contribution in [0.15, 0.2) is 30.3 Å². The van der Waals surface area contributed by atoms with Crippen molar-refractivity contribution in [3.63, 3.8) is 0 Å². The molecular formula is C17H17F2NO2. The second-order valence-corrected chi connectivity index (χ2v) is 5.11. The van der Waals surface area contributed by atoms with Gasteiger partial charge in [-0.1, -0.05) is 12.1 Å². The van der Waals surface area contributed by atoms with E-state index in [0.717, 1.165) is 22.8 Å². The van der Waals surface area contributed by atoms with Crippen molar-refractivity contribution in [2.45, 2.75) is 20.8 Å². The minimum atomic E-state index is -0.823. The van der Waals surface area contributed by atoms with Crippen LogP contribution in [0.3, 0.4) is 0 Å². The number of carbonyl (C=O) groups excluding carboxylic acids is 1. The smallest absolute Gasteiger partial charge is 0.262 e.